The fourth-order valence-corrected chi connectivity index (χ4v) is 5.76. The van der Waals surface area contributed by atoms with Crippen LogP contribution in [0.5, 0.6) is 11.6 Å². The number of alkyl halides is 6. The maximum absolute atomic E-state index is 13.6. The number of halogens is 6. The van der Waals surface area contributed by atoms with Crippen LogP contribution >= 0.6 is 0 Å². The van der Waals surface area contributed by atoms with Gasteiger partial charge in [0.25, 0.3) is 0 Å². The Morgan fingerprint density at radius 3 is 1.90 bits per heavy atom. The number of fused-ring (bicyclic) bond motifs is 1. The molecule has 326 valence electrons. The Hall–Kier alpha value is -5.28. The largest absolute Gasteiger partial charge is 0.488 e. The number of nitrogens with zero attached hydrogens (tertiary/aromatic N) is 4. The Bertz CT molecular complexity index is 1920. The number of carboxylic acid groups (broad SMARTS) is 3. The third-order valence-electron chi connectivity index (χ3n) is 9.36. The first-order valence-corrected chi connectivity index (χ1v) is 17.9. The minimum atomic E-state index is -5.05. The fourth-order valence-electron chi connectivity index (χ4n) is 5.76. The van der Waals surface area contributed by atoms with Crippen molar-refractivity contribution in [3.63, 3.8) is 0 Å². The molecule has 0 saturated heterocycles. The monoisotopic (exact) mass is 847 g/mol. The van der Waals surface area contributed by atoms with Gasteiger partial charge < -0.3 is 40.0 Å². The Kier molecular flexibility index (Phi) is 15.3. The molecule has 2 aromatic heterocycles. The molecule has 1 aliphatic heterocycles. The number of pyridine rings is 1. The first-order chi connectivity index (χ1) is 27.2. The number of amides is 1. The van der Waals surface area contributed by atoms with E-state index in [1.807, 2.05) is 0 Å². The highest BCUT2D eigenvalue weighted by atomic mass is 19.4. The smallest absolute Gasteiger partial charge is 0.416 e. The summed E-state index contributed by atoms with van der Waals surface area (Å²) >= 11 is 0. The number of rotatable bonds is 15. The van der Waals surface area contributed by atoms with Crippen molar-refractivity contribution in [2.75, 3.05) is 45.5 Å². The average molecular weight is 848 g/mol. The Labute approximate surface area is 335 Å². The summed E-state index contributed by atoms with van der Waals surface area (Å²) in [7, 11) is 2.80. The van der Waals surface area contributed by atoms with Crippen LogP contribution in [0, 0.1) is 10.8 Å². The van der Waals surface area contributed by atoms with Gasteiger partial charge in [-0.2, -0.15) is 26.3 Å². The highest BCUT2D eigenvalue weighted by Gasteiger charge is 2.50. The van der Waals surface area contributed by atoms with Crippen LogP contribution in [0.25, 0.3) is 0 Å². The molecule has 3 aromatic rings. The van der Waals surface area contributed by atoms with Crippen LogP contribution in [0.4, 0.5) is 36.8 Å². The quantitative estimate of drug-likeness (QED) is 0.0931. The van der Waals surface area contributed by atoms with Crippen molar-refractivity contribution in [1.29, 1.82) is 0 Å². The molecule has 1 amide bonds. The Morgan fingerprint density at radius 1 is 0.881 bits per heavy atom. The average Bonchev–Trinajstić information content (AvgIpc) is 3.14. The molecule has 0 saturated carbocycles. The summed E-state index contributed by atoms with van der Waals surface area (Å²) in [5, 5.41) is 27.7. The van der Waals surface area contributed by atoms with Crippen molar-refractivity contribution in [2.45, 2.75) is 77.8 Å². The first kappa shape index (κ1) is 48.1. The molecule has 4 rings (SSSR count). The van der Waals surface area contributed by atoms with Gasteiger partial charge in [0, 0.05) is 26.0 Å². The van der Waals surface area contributed by atoms with Gasteiger partial charge in [0.15, 0.2) is 5.75 Å². The molecule has 15 nitrogen and oxygen atoms in total. The molecule has 1 aromatic carbocycles. The van der Waals surface area contributed by atoms with E-state index in [0.29, 0.717) is 17.8 Å². The lowest BCUT2D eigenvalue weighted by molar-refractivity contribution is -0.155. The van der Waals surface area contributed by atoms with Crippen LogP contribution in [-0.4, -0.2) is 94.6 Å². The van der Waals surface area contributed by atoms with Crippen molar-refractivity contribution in [3.8, 4) is 11.6 Å². The number of carbonyl (C=O) groups is 3. The van der Waals surface area contributed by atoms with Gasteiger partial charge in [-0.25, -0.2) is 19.7 Å². The first-order valence-electron chi connectivity index (χ1n) is 17.9. The van der Waals surface area contributed by atoms with E-state index >= 15 is 0 Å². The van der Waals surface area contributed by atoms with E-state index < -0.39 is 70.3 Å². The third kappa shape index (κ3) is 11.9. The number of carboxylic acids is 2. The van der Waals surface area contributed by atoms with Crippen LogP contribution in [0.3, 0.4) is 0 Å². The minimum absolute atomic E-state index is 0.000949. The number of hydrogen-bond donors (Lipinski definition) is 4. The predicted molar refractivity (Wildman–Crippen MR) is 197 cm³/mol. The Balaban J connectivity index is 0.000000526. The summed E-state index contributed by atoms with van der Waals surface area (Å²) in [6.45, 7) is 7.88. The van der Waals surface area contributed by atoms with Gasteiger partial charge in [-0.1, -0.05) is 6.92 Å². The Morgan fingerprint density at radius 2 is 1.44 bits per heavy atom. The molecule has 0 bridgehead atoms. The predicted octanol–water partition coefficient (Wildman–Crippen LogP) is 6.65. The van der Waals surface area contributed by atoms with Gasteiger partial charge in [-0.05, 0) is 63.9 Å². The zero-order valence-corrected chi connectivity index (χ0v) is 33.3. The molecule has 21 heteroatoms. The lowest BCUT2D eigenvalue weighted by Gasteiger charge is -2.47. The molecule has 3 heterocycles. The van der Waals surface area contributed by atoms with E-state index in [1.54, 1.807) is 6.92 Å². The van der Waals surface area contributed by atoms with Crippen molar-refractivity contribution >= 4 is 23.7 Å². The van der Waals surface area contributed by atoms with Crippen LogP contribution in [0.1, 0.15) is 80.9 Å². The van der Waals surface area contributed by atoms with Gasteiger partial charge in [0.2, 0.25) is 5.88 Å². The lowest BCUT2D eigenvalue weighted by atomic mass is 9.80. The third-order valence-corrected chi connectivity index (χ3v) is 9.36. The summed E-state index contributed by atoms with van der Waals surface area (Å²) in [6, 6.07) is 4.24. The summed E-state index contributed by atoms with van der Waals surface area (Å²) in [5.74, 6) is -2.67. The molecular weight excluding hydrogens is 800 g/mol. The molecule has 0 aliphatic carbocycles. The number of methoxy groups -OCH3 is 2. The molecule has 0 radical (unpaired) electrons. The van der Waals surface area contributed by atoms with E-state index in [2.05, 4.69) is 15.0 Å². The molecule has 5 N–H and O–H groups in total. The second-order valence-electron chi connectivity index (χ2n) is 14.9. The second-order valence-corrected chi connectivity index (χ2v) is 14.9. The zero-order chi connectivity index (χ0) is 44.7. The van der Waals surface area contributed by atoms with Gasteiger partial charge in [-0.3, -0.25) is 14.5 Å². The van der Waals surface area contributed by atoms with Crippen LogP contribution in [-0.2, 0) is 44.3 Å². The molecule has 0 fully saturated rings. The standard InChI is InChI=1S/C28H29F6N5O5.C10H18O5/c1-4-26(35)18(13-19-21(39(26)25(40)41)5-6-23(37-19)43-3)24-36-14-22(44-8-7-42-2)20(38-24)11-15-9-16(27(29,30)31)12-17(10-15)28(32,33)34;1-9(2,7(11)12)5-15-6-10(3,4)8(13)14/h5-6,9-10,12,14,18H,4,7-8,11,13,35H2,1-3H3,(H,40,41);5-6H2,1-4H3,(H,11,12)(H,13,14). The van der Waals surface area contributed by atoms with Gasteiger partial charge >= 0.3 is 30.4 Å². The number of aliphatic carboxylic acids is 2. The van der Waals surface area contributed by atoms with Crippen molar-refractivity contribution in [3.05, 3.63) is 70.4 Å². The number of hydrogen-bond acceptors (Lipinski definition) is 11. The van der Waals surface area contributed by atoms with Gasteiger partial charge in [0.1, 0.15) is 18.1 Å². The van der Waals surface area contributed by atoms with E-state index in [0.717, 1.165) is 4.90 Å². The molecular formula is C38H47F6N5O10. The van der Waals surface area contributed by atoms with Crippen molar-refractivity contribution < 1.29 is 75.0 Å². The molecule has 59 heavy (non-hydrogen) atoms. The number of benzene rings is 1. The zero-order valence-electron chi connectivity index (χ0n) is 33.3. The lowest BCUT2D eigenvalue weighted by Crippen LogP contribution is -2.64. The van der Waals surface area contributed by atoms with Crippen molar-refractivity contribution in [1.82, 2.24) is 15.0 Å². The van der Waals surface area contributed by atoms with Crippen LogP contribution < -0.4 is 20.1 Å². The van der Waals surface area contributed by atoms with Gasteiger partial charge in [-0.15, -0.1) is 0 Å². The highest BCUT2D eigenvalue weighted by Crippen LogP contribution is 2.44. The molecule has 1 aliphatic rings. The van der Waals surface area contributed by atoms with E-state index in [4.69, 9.17) is 34.9 Å². The molecule has 0 spiro atoms. The normalized spacial score (nSPS) is 17.1. The van der Waals surface area contributed by atoms with E-state index in [9.17, 15) is 45.8 Å². The van der Waals surface area contributed by atoms with Crippen molar-refractivity contribution in [2.24, 2.45) is 16.6 Å². The molecule has 2 atom stereocenters. The van der Waals surface area contributed by atoms with Gasteiger partial charge in [0.05, 0.1) is 78.1 Å². The summed E-state index contributed by atoms with van der Waals surface area (Å²) in [5.41, 5.74) is 0.356. The highest BCUT2D eigenvalue weighted by molar-refractivity contribution is 5.89. The van der Waals surface area contributed by atoms with E-state index in [1.165, 1.54) is 60.2 Å². The maximum Gasteiger partial charge on any atom is 0.416 e. The van der Waals surface area contributed by atoms with Crippen LogP contribution in [0.15, 0.2) is 36.5 Å². The summed E-state index contributed by atoms with van der Waals surface area (Å²) < 4.78 is 102. The summed E-state index contributed by atoms with van der Waals surface area (Å²) in [4.78, 5) is 48.1. The SMILES string of the molecule is CC(C)(COCC(C)(C)C(=O)O)C(=O)O.CCC1(N)C(c2ncc(OCCOC)c(Cc3cc(C(F)(F)F)cc(C(F)(F)F)c3)n2)Cc2nc(OC)ccc2N1C(=O)O. The van der Waals surface area contributed by atoms with Crippen LogP contribution in [0.2, 0.25) is 0 Å². The number of anilines is 1. The number of ether oxygens (including phenoxy) is 4. The fraction of sp³-hybridized carbons (Fsp3) is 0.526. The second kappa shape index (κ2) is 18.8. The number of nitrogens with two attached hydrogens (primary N) is 1. The maximum atomic E-state index is 13.6. The van der Waals surface area contributed by atoms with E-state index in [-0.39, 0.29) is 79.7 Å². The minimum Gasteiger partial charge on any atom is -0.488 e. The summed E-state index contributed by atoms with van der Waals surface area (Å²) in [6.07, 6.45) is -10.6. The topological polar surface area (TPSA) is 217 Å². The number of aromatic nitrogens is 3. The molecule has 2 unspecified atom stereocenters.